The first kappa shape index (κ1) is 12.1. The highest BCUT2D eigenvalue weighted by Gasteiger charge is 2.08. The van der Waals surface area contributed by atoms with Gasteiger partial charge in [0.15, 0.2) is 11.6 Å². The summed E-state index contributed by atoms with van der Waals surface area (Å²) in [5.41, 5.74) is 6.44. The van der Waals surface area contributed by atoms with E-state index in [2.05, 4.69) is 0 Å². The van der Waals surface area contributed by atoms with Crippen molar-refractivity contribution in [2.24, 2.45) is 5.73 Å². The molecule has 0 radical (unpaired) electrons. The van der Waals surface area contributed by atoms with Crippen molar-refractivity contribution in [2.75, 3.05) is 6.54 Å². The summed E-state index contributed by atoms with van der Waals surface area (Å²) in [5, 5.41) is 8.98. The van der Waals surface area contributed by atoms with Gasteiger partial charge in [-0.15, -0.1) is 0 Å². The van der Waals surface area contributed by atoms with Crippen molar-refractivity contribution in [1.29, 1.82) is 0 Å². The summed E-state index contributed by atoms with van der Waals surface area (Å²) >= 11 is 0. The molecule has 84 valence electrons. The van der Waals surface area contributed by atoms with Gasteiger partial charge in [0.25, 0.3) is 0 Å². The molecular formula is C11H15F2NO. The molecule has 3 N–H and O–H groups in total. The third kappa shape index (κ3) is 3.25. The molecule has 0 bridgehead atoms. The molecule has 4 heteroatoms. The Kier molecular flexibility index (Phi) is 4.65. The maximum Gasteiger partial charge on any atom is 0.159 e. The molecule has 0 aliphatic heterocycles. The van der Waals surface area contributed by atoms with Gasteiger partial charge in [-0.25, -0.2) is 8.78 Å². The average molecular weight is 215 g/mol. The quantitative estimate of drug-likeness (QED) is 0.735. The molecule has 0 unspecified atom stereocenters. The van der Waals surface area contributed by atoms with Gasteiger partial charge in [0, 0.05) is 0 Å². The van der Waals surface area contributed by atoms with Crippen molar-refractivity contribution >= 4 is 0 Å². The highest BCUT2D eigenvalue weighted by Crippen LogP contribution is 2.17. The smallest absolute Gasteiger partial charge is 0.159 e. The molecule has 0 saturated heterocycles. The fourth-order valence-electron chi connectivity index (χ4n) is 1.47. The molecular weight excluding hydrogens is 200 g/mol. The van der Waals surface area contributed by atoms with Crippen LogP contribution in [0.5, 0.6) is 0 Å². The van der Waals surface area contributed by atoms with E-state index in [1.165, 1.54) is 0 Å². The fraction of sp³-hybridized carbons (Fsp3) is 0.455. The fourth-order valence-corrected chi connectivity index (χ4v) is 1.47. The van der Waals surface area contributed by atoms with E-state index in [1.807, 2.05) is 0 Å². The molecule has 0 saturated carbocycles. The third-order valence-electron chi connectivity index (χ3n) is 2.31. The zero-order chi connectivity index (χ0) is 11.3. The van der Waals surface area contributed by atoms with Gasteiger partial charge in [-0.3, -0.25) is 0 Å². The van der Waals surface area contributed by atoms with Crippen LogP contribution >= 0.6 is 0 Å². The highest BCUT2D eigenvalue weighted by atomic mass is 19.2. The number of rotatable bonds is 5. The topological polar surface area (TPSA) is 46.2 Å². The predicted octanol–water partition coefficient (Wildman–Crippen LogP) is 1.74. The summed E-state index contributed by atoms with van der Waals surface area (Å²) in [5.74, 6) is -1.78. The SMILES string of the molecule is NCCCCc1cc(F)c(F)cc1CO. The van der Waals surface area contributed by atoms with Gasteiger partial charge in [-0.05, 0) is 49.1 Å². The van der Waals surface area contributed by atoms with E-state index in [1.54, 1.807) is 0 Å². The van der Waals surface area contributed by atoms with Crippen molar-refractivity contribution in [3.05, 3.63) is 34.9 Å². The first-order valence-electron chi connectivity index (χ1n) is 4.96. The number of benzene rings is 1. The largest absolute Gasteiger partial charge is 0.392 e. The van der Waals surface area contributed by atoms with E-state index in [9.17, 15) is 8.78 Å². The summed E-state index contributed by atoms with van der Waals surface area (Å²) < 4.78 is 25.8. The summed E-state index contributed by atoms with van der Waals surface area (Å²) in [6.07, 6.45) is 2.27. The van der Waals surface area contributed by atoms with Crippen molar-refractivity contribution in [3.63, 3.8) is 0 Å². The molecule has 0 aliphatic carbocycles. The maximum atomic E-state index is 12.9. The Morgan fingerprint density at radius 3 is 2.20 bits per heavy atom. The average Bonchev–Trinajstić information content (AvgIpc) is 2.23. The van der Waals surface area contributed by atoms with E-state index in [-0.39, 0.29) is 6.61 Å². The Labute approximate surface area is 87.7 Å². The van der Waals surface area contributed by atoms with E-state index in [0.29, 0.717) is 24.1 Å². The highest BCUT2D eigenvalue weighted by molar-refractivity contribution is 5.28. The molecule has 0 fully saturated rings. The summed E-state index contributed by atoms with van der Waals surface area (Å²) in [6, 6.07) is 2.20. The van der Waals surface area contributed by atoms with Crippen molar-refractivity contribution in [2.45, 2.75) is 25.9 Å². The lowest BCUT2D eigenvalue weighted by Crippen LogP contribution is -2.02. The number of aryl methyl sites for hydroxylation is 1. The van der Waals surface area contributed by atoms with Crippen molar-refractivity contribution in [1.82, 2.24) is 0 Å². The second-order valence-electron chi connectivity index (χ2n) is 3.44. The Morgan fingerprint density at radius 1 is 1.07 bits per heavy atom. The Balaban J connectivity index is 2.80. The molecule has 1 aromatic carbocycles. The second-order valence-corrected chi connectivity index (χ2v) is 3.44. The number of hydrogen-bond donors (Lipinski definition) is 2. The van der Waals surface area contributed by atoms with Gasteiger partial charge < -0.3 is 10.8 Å². The molecule has 0 aliphatic rings. The lowest BCUT2D eigenvalue weighted by Gasteiger charge is -2.07. The normalized spacial score (nSPS) is 10.7. The summed E-state index contributed by atoms with van der Waals surface area (Å²) in [4.78, 5) is 0. The van der Waals surface area contributed by atoms with E-state index in [4.69, 9.17) is 10.8 Å². The van der Waals surface area contributed by atoms with Crippen LogP contribution in [-0.2, 0) is 13.0 Å². The lowest BCUT2D eigenvalue weighted by molar-refractivity contribution is 0.279. The first-order valence-corrected chi connectivity index (χ1v) is 4.96. The van der Waals surface area contributed by atoms with Crippen LogP contribution in [0.1, 0.15) is 24.0 Å². The summed E-state index contributed by atoms with van der Waals surface area (Å²) in [6.45, 7) is 0.313. The lowest BCUT2D eigenvalue weighted by atomic mass is 10.0. The van der Waals surface area contributed by atoms with Crippen LogP contribution in [0.3, 0.4) is 0 Å². The third-order valence-corrected chi connectivity index (χ3v) is 2.31. The van der Waals surface area contributed by atoms with Crippen molar-refractivity contribution in [3.8, 4) is 0 Å². The van der Waals surface area contributed by atoms with Crippen LogP contribution in [0, 0.1) is 11.6 Å². The Morgan fingerprint density at radius 2 is 1.67 bits per heavy atom. The monoisotopic (exact) mass is 215 g/mol. The van der Waals surface area contributed by atoms with Crippen LogP contribution in [-0.4, -0.2) is 11.7 Å². The summed E-state index contributed by atoms with van der Waals surface area (Å²) in [7, 11) is 0. The molecule has 1 aromatic rings. The number of unbranched alkanes of at least 4 members (excludes halogenated alkanes) is 1. The van der Waals surface area contributed by atoms with E-state index < -0.39 is 11.6 Å². The van der Waals surface area contributed by atoms with Gasteiger partial charge in [0.05, 0.1) is 6.61 Å². The number of aliphatic hydroxyl groups is 1. The minimum Gasteiger partial charge on any atom is -0.392 e. The Bertz CT molecular complexity index is 329. The molecule has 2 nitrogen and oxygen atoms in total. The number of nitrogens with two attached hydrogens (primary N) is 1. The van der Waals surface area contributed by atoms with Gasteiger partial charge in [0.2, 0.25) is 0 Å². The zero-order valence-electron chi connectivity index (χ0n) is 8.47. The van der Waals surface area contributed by atoms with Crippen LogP contribution in [0.2, 0.25) is 0 Å². The van der Waals surface area contributed by atoms with Crippen LogP contribution in [0.4, 0.5) is 8.78 Å². The second kappa shape index (κ2) is 5.78. The first-order chi connectivity index (χ1) is 7.19. The molecule has 0 spiro atoms. The minimum atomic E-state index is -0.915. The number of halogens is 2. The molecule has 0 atom stereocenters. The predicted molar refractivity (Wildman–Crippen MR) is 54.3 cm³/mol. The zero-order valence-corrected chi connectivity index (χ0v) is 8.47. The number of hydrogen-bond acceptors (Lipinski definition) is 2. The van der Waals surface area contributed by atoms with Gasteiger partial charge in [-0.2, -0.15) is 0 Å². The van der Waals surface area contributed by atoms with Gasteiger partial charge >= 0.3 is 0 Å². The standard InChI is InChI=1S/C11H15F2NO/c12-10-5-8(3-1-2-4-14)9(7-15)6-11(10)13/h5-6,15H,1-4,7,14H2. The molecule has 0 amide bonds. The van der Waals surface area contributed by atoms with E-state index >= 15 is 0 Å². The van der Waals surface area contributed by atoms with E-state index in [0.717, 1.165) is 25.0 Å². The van der Waals surface area contributed by atoms with Crippen LogP contribution in [0.15, 0.2) is 12.1 Å². The van der Waals surface area contributed by atoms with Gasteiger partial charge in [0.1, 0.15) is 0 Å². The Hall–Kier alpha value is -1.00. The molecule has 15 heavy (non-hydrogen) atoms. The van der Waals surface area contributed by atoms with Crippen LogP contribution < -0.4 is 5.73 Å². The number of aliphatic hydroxyl groups excluding tert-OH is 1. The van der Waals surface area contributed by atoms with Crippen molar-refractivity contribution < 1.29 is 13.9 Å². The maximum absolute atomic E-state index is 12.9. The van der Waals surface area contributed by atoms with Gasteiger partial charge in [-0.1, -0.05) is 0 Å². The molecule has 1 rings (SSSR count). The van der Waals surface area contributed by atoms with Crippen LogP contribution in [0.25, 0.3) is 0 Å². The molecule has 0 aromatic heterocycles. The molecule has 0 heterocycles. The minimum absolute atomic E-state index is 0.269.